The van der Waals surface area contributed by atoms with Crippen LogP contribution in [0.3, 0.4) is 0 Å². The molecule has 6 nitrogen and oxygen atoms in total. The van der Waals surface area contributed by atoms with Gasteiger partial charge in [0.2, 0.25) is 11.8 Å². The van der Waals surface area contributed by atoms with E-state index < -0.39 is 5.54 Å². The summed E-state index contributed by atoms with van der Waals surface area (Å²) in [4.78, 5) is 23.9. The van der Waals surface area contributed by atoms with Gasteiger partial charge in [-0.05, 0) is 36.9 Å². The van der Waals surface area contributed by atoms with Crippen LogP contribution in [0.25, 0.3) is 10.9 Å². The molecular formula is C17H24N4O2. The third-order valence-corrected chi connectivity index (χ3v) is 3.91. The van der Waals surface area contributed by atoms with Gasteiger partial charge in [-0.15, -0.1) is 0 Å². The Bertz CT molecular complexity index is 718. The Hall–Kier alpha value is -2.34. The second kappa shape index (κ2) is 6.83. The summed E-state index contributed by atoms with van der Waals surface area (Å²) in [5.41, 5.74) is 6.72. The highest BCUT2D eigenvalue weighted by Crippen LogP contribution is 2.22. The largest absolute Gasteiger partial charge is 0.358 e. The average molecular weight is 316 g/mol. The Morgan fingerprint density at radius 3 is 2.70 bits per heavy atom. The fraction of sp³-hybridized carbons (Fsp3) is 0.412. The molecule has 0 radical (unpaired) electrons. The third kappa shape index (κ3) is 3.90. The average Bonchev–Trinajstić information content (AvgIpc) is 2.89. The Morgan fingerprint density at radius 1 is 1.30 bits per heavy atom. The van der Waals surface area contributed by atoms with Crippen molar-refractivity contribution in [2.45, 2.75) is 38.8 Å². The van der Waals surface area contributed by atoms with E-state index in [2.05, 4.69) is 10.6 Å². The van der Waals surface area contributed by atoms with Crippen LogP contribution in [0.2, 0.25) is 0 Å². The summed E-state index contributed by atoms with van der Waals surface area (Å²) in [6, 6.07) is 7.55. The number of hydrogen-bond donors (Lipinski definition) is 3. The summed E-state index contributed by atoms with van der Waals surface area (Å²) in [7, 11) is 1.61. The number of fused-ring (bicyclic) bond motifs is 1. The second-order valence-electron chi connectivity index (χ2n) is 6.01. The third-order valence-electron chi connectivity index (χ3n) is 3.91. The van der Waals surface area contributed by atoms with E-state index in [4.69, 9.17) is 5.73 Å². The molecule has 0 aliphatic rings. The molecule has 1 aromatic heterocycles. The lowest BCUT2D eigenvalue weighted by Crippen LogP contribution is -2.48. The summed E-state index contributed by atoms with van der Waals surface area (Å²) in [6.45, 7) is 3.97. The van der Waals surface area contributed by atoms with Crippen LogP contribution in [0.4, 0.5) is 5.69 Å². The number of benzene rings is 1. The number of carbonyl (C=O) groups excluding carboxylic acids is 2. The molecule has 0 aliphatic carbocycles. The maximum Gasteiger partial charge on any atom is 0.244 e. The first kappa shape index (κ1) is 17.0. The number of aromatic nitrogens is 1. The van der Waals surface area contributed by atoms with Crippen LogP contribution in [0.15, 0.2) is 30.5 Å². The summed E-state index contributed by atoms with van der Waals surface area (Å²) >= 11 is 0. The van der Waals surface area contributed by atoms with Crippen molar-refractivity contribution in [3.05, 3.63) is 30.5 Å². The van der Waals surface area contributed by atoms with Gasteiger partial charge in [-0.3, -0.25) is 9.59 Å². The first-order valence-electron chi connectivity index (χ1n) is 7.77. The minimum atomic E-state index is -0.895. The molecular weight excluding hydrogens is 292 g/mol. The highest BCUT2D eigenvalue weighted by Gasteiger charge is 2.27. The fourth-order valence-corrected chi connectivity index (χ4v) is 2.54. The zero-order valence-electron chi connectivity index (χ0n) is 13.8. The monoisotopic (exact) mass is 316 g/mol. The van der Waals surface area contributed by atoms with Gasteiger partial charge >= 0.3 is 0 Å². The van der Waals surface area contributed by atoms with Crippen molar-refractivity contribution in [1.29, 1.82) is 0 Å². The van der Waals surface area contributed by atoms with Crippen LogP contribution in [0, 0.1) is 0 Å². The summed E-state index contributed by atoms with van der Waals surface area (Å²) in [6.07, 6.45) is 3.32. The minimum Gasteiger partial charge on any atom is -0.358 e. The number of amides is 2. The van der Waals surface area contributed by atoms with E-state index in [0.717, 1.165) is 17.3 Å². The van der Waals surface area contributed by atoms with Crippen LogP contribution in [-0.2, 0) is 16.1 Å². The molecule has 0 saturated heterocycles. The summed E-state index contributed by atoms with van der Waals surface area (Å²) in [5.74, 6) is -0.280. The van der Waals surface area contributed by atoms with Gasteiger partial charge in [0, 0.05) is 18.9 Å². The number of rotatable bonds is 6. The van der Waals surface area contributed by atoms with Crippen LogP contribution < -0.4 is 16.4 Å². The Labute approximate surface area is 136 Å². The van der Waals surface area contributed by atoms with Gasteiger partial charge in [0.25, 0.3) is 0 Å². The molecule has 4 N–H and O–H groups in total. The maximum absolute atomic E-state index is 12.3. The van der Waals surface area contributed by atoms with Crippen LogP contribution >= 0.6 is 0 Å². The molecule has 2 rings (SSSR count). The number of anilines is 1. The number of nitrogens with two attached hydrogens (primary N) is 1. The molecule has 0 saturated carbocycles. The van der Waals surface area contributed by atoms with Crippen LogP contribution in [0.1, 0.15) is 26.7 Å². The topological polar surface area (TPSA) is 89.2 Å². The van der Waals surface area contributed by atoms with Crippen molar-refractivity contribution in [3.63, 3.8) is 0 Å². The molecule has 6 heteroatoms. The number of likely N-dealkylation sites (N-methyl/N-ethyl adjacent to an activating group) is 1. The number of hydrogen-bond acceptors (Lipinski definition) is 3. The van der Waals surface area contributed by atoms with Gasteiger partial charge in [-0.2, -0.15) is 0 Å². The van der Waals surface area contributed by atoms with Crippen molar-refractivity contribution in [1.82, 2.24) is 9.88 Å². The Kier molecular flexibility index (Phi) is 5.05. The lowest BCUT2D eigenvalue weighted by Gasteiger charge is -2.22. The molecule has 1 unspecified atom stereocenters. The van der Waals surface area contributed by atoms with E-state index >= 15 is 0 Å². The first-order chi connectivity index (χ1) is 10.9. The summed E-state index contributed by atoms with van der Waals surface area (Å²) < 4.78 is 1.84. The Morgan fingerprint density at radius 2 is 2.04 bits per heavy atom. The van der Waals surface area contributed by atoms with E-state index in [0.29, 0.717) is 12.1 Å². The molecule has 1 atom stereocenters. The maximum atomic E-state index is 12.3. The van der Waals surface area contributed by atoms with Crippen molar-refractivity contribution >= 4 is 28.4 Å². The van der Waals surface area contributed by atoms with Crippen molar-refractivity contribution < 1.29 is 9.59 Å². The molecule has 1 heterocycles. The van der Waals surface area contributed by atoms with Crippen LogP contribution in [0.5, 0.6) is 0 Å². The smallest absolute Gasteiger partial charge is 0.244 e. The van der Waals surface area contributed by atoms with Gasteiger partial charge in [0.1, 0.15) is 6.54 Å². The van der Waals surface area contributed by atoms with Crippen LogP contribution in [-0.4, -0.2) is 29.0 Å². The predicted octanol–water partition coefficient (Wildman–Crippen LogP) is 1.84. The van der Waals surface area contributed by atoms with E-state index in [9.17, 15) is 9.59 Å². The SMILES string of the molecule is CCCC(C)(N)C(=O)Nc1ccc2ccn(CC(=O)NC)c2c1. The van der Waals surface area contributed by atoms with E-state index in [1.807, 2.05) is 42.0 Å². The van der Waals surface area contributed by atoms with Crippen molar-refractivity contribution in [2.75, 3.05) is 12.4 Å². The lowest BCUT2D eigenvalue weighted by molar-refractivity contribution is -0.121. The number of nitrogens with zero attached hydrogens (tertiary/aromatic N) is 1. The van der Waals surface area contributed by atoms with Crippen molar-refractivity contribution in [3.8, 4) is 0 Å². The lowest BCUT2D eigenvalue weighted by atomic mass is 9.96. The van der Waals surface area contributed by atoms with Gasteiger partial charge < -0.3 is 20.9 Å². The first-order valence-corrected chi connectivity index (χ1v) is 7.77. The predicted molar refractivity (Wildman–Crippen MR) is 92.1 cm³/mol. The van der Waals surface area contributed by atoms with E-state index in [1.54, 1.807) is 14.0 Å². The second-order valence-corrected chi connectivity index (χ2v) is 6.01. The molecule has 2 aromatic rings. The fourth-order valence-electron chi connectivity index (χ4n) is 2.54. The number of carbonyl (C=O) groups is 2. The highest BCUT2D eigenvalue weighted by molar-refractivity contribution is 5.99. The number of nitrogens with one attached hydrogen (secondary N) is 2. The summed E-state index contributed by atoms with van der Waals surface area (Å²) in [5, 5.41) is 6.48. The minimum absolute atomic E-state index is 0.0746. The molecule has 124 valence electrons. The zero-order chi connectivity index (χ0) is 17.0. The Balaban J connectivity index is 2.24. The molecule has 0 spiro atoms. The molecule has 1 aromatic carbocycles. The van der Waals surface area contributed by atoms with Gasteiger partial charge in [0.05, 0.1) is 11.1 Å². The van der Waals surface area contributed by atoms with E-state index in [1.165, 1.54) is 0 Å². The van der Waals surface area contributed by atoms with E-state index in [-0.39, 0.29) is 18.4 Å². The quantitative estimate of drug-likeness (QED) is 0.759. The van der Waals surface area contributed by atoms with Gasteiger partial charge in [-0.25, -0.2) is 0 Å². The normalized spacial score (nSPS) is 13.6. The highest BCUT2D eigenvalue weighted by atomic mass is 16.2. The molecule has 2 amide bonds. The molecule has 0 fully saturated rings. The van der Waals surface area contributed by atoms with Crippen molar-refractivity contribution in [2.24, 2.45) is 5.73 Å². The molecule has 23 heavy (non-hydrogen) atoms. The zero-order valence-corrected chi connectivity index (χ0v) is 13.8. The molecule has 0 bridgehead atoms. The van der Waals surface area contributed by atoms with Gasteiger partial charge in [-0.1, -0.05) is 19.4 Å². The standard InChI is InChI=1S/C17H24N4O2/c1-4-8-17(2,18)16(23)20-13-6-5-12-7-9-21(14(12)10-13)11-15(22)19-3/h5-7,9-10H,4,8,11,18H2,1-3H3,(H,19,22)(H,20,23). The molecule has 0 aliphatic heterocycles. The van der Waals surface area contributed by atoms with Gasteiger partial charge in [0.15, 0.2) is 0 Å².